The first-order valence-electron chi connectivity index (χ1n) is 8.39. The molecule has 0 amide bonds. The summed E-state index contributed by atoms with van der Waals surface area (Å²) >= 11 is 5.36. The zero-order valence-corrected chi connectivity index (χ0v) is 16.2. The van der Waals surface area contributed by atoms with Crippen LogP contribution in [-0.2, 0) is 6.54 Å². The van der Waals surface area contributed by atoms with E-state index in [2.05, 4.69) is 20.6 Å². The lowest BCUT2D eigenvalue weighted by molar-refractivity contribution is 0.351. The van der Waals surface area contributed by atoms with Crippen molar-refractivity contribution >= 4 is 34.1 Å². The molecule has 0 aliphatic carbocycles. The summed E-state index contributed by atoms with van der Waals surface area (Å²) in [5.74, 6) is 1.40. The minimum absolute atomic E-state index is 0.526. The van der Waals surface area contributed by atoms with Gasteiger partial charge in [0.15, 0.2) is 16.6 Å². The van der Waals surface area contributed by atoms with Crippen LogP contribution in [0.5, 0.6) is 11.5 Å². The number of benzene rings is 2. The highest BCUT2D eigenvalue weighted by molar-refractivity contribution is 7.80. The number of fused-ring (bicyclic) bond motifs is 1. The van der Waals surface area contributed by atoms with Crippen molar-refractivity contribution in [2.45, 2.75) is 20.4 Å². The Morgan fingerprint density at radius 2 is 1.96 bits per heavy atom. The Labute approximate surface area is 158 Å². The number of aromatic amines is 1. The van der Waals surface area contributed by atoms with E-state index in [0.717, 1.165) is 22.3 Å². The predicted octanol–water partition coefficient (Wildman–Crippen LogP) is 4.09. The van der Waals surface area contributed by atoms with Gasteiger partial charge in [-0.3, -0.25) is 0 Å². The highest BCUT2D eigenvalue weighted by Crippen LogP contribution is 2.30. The molecule has 1 heterocycles. The van der Waals surface area contributed by atoms with Crippen LogP contribution in [0.4, 0.5) is 5.69 Å². The van der Waals surface area contributed by atoms with Crippen LogP contribution in [0.3, 0.4) is 0 Å². The molecule has 0 saturated carbocycles. The number of rotatable bonds is 5. The maximum absolute atomic E-state index is 5.42. The molecular formula is C19H24N4O2S. The van der Waals surface area contributed by atoms with E-state index in [4.69, 9.17) is 21.7 Å². The highest BCUT2D eigenvalue weighted by Gasteiger charge is 2.09. The maximum atomic E-state index is 5.42. The third-order valence-corrected chi connectivity index (χ3v) is 3.85. The average molecular weight is 372 g/mol. The van der Waals surface area contributed by atoms with Gasteiger partial charge in [-0.25, -0.2) is 4.98 Å². The van der Waals surface area contributed by atoms with Crippen molar-refractivity contribution in [2.24, 2.45) is 0 Å². The number of aromatic nitrogens is 2. The summed E-state index contributed by atoms with van der Waals surface area (Å²) in [5, 5.41) is 6.86. The quantitative estimate of drug-likeness (QED) is 0.586. The summed E-state index contributed by atoms with van der Waals surface area (Å²) in [5.41, 5.74) is 3.73. The van der Waals surface area contributed by atoms with E-state index in [1.165, 1.54) is 0 Å². The van der Waals surface area contributed by atoms with Gasteiger partial charge in [0, 0.05) is 17.8 Å². The average Bonchev–Trinajstić information content (AvgIpc) is 3.15. The van der Waals surface area contributed by atoms with E-state index >= 15 is 0 Å². The number of ether oxygens (including phenoxy) is 2. The second kappa shape index (κ2) is 9.62. The molecule has 7 heteroatoms. The van der Waals surface area contributed by atoms with Crippen LogP contribution in [0.2, 0.25) is 0 Å². The third-order valence-electron chi connectivity index (χ3n) is 3.60. The van der Waals surface area contributed by atoms with Crippen LogP contribution < -0.4 is 20.1 Å². The maximum Gasteiger partial charge on any atom is 0.171 e. The topological polar surface area (TPSA) is 71.2 Å². The number of thiocarbonyl (C=S) groups is 1. The lowest BCUT2D eigenvalue weighted by Gasteiger charge is -2.14. The molecule has 0 aliphatic rings. The first-order valence-corrected chi connectivity index (χ1v) is 8.80. The van der Waals surface area contributed by atoms with Crippen LogP contribution >= 0.6 is 12.2 Å². The van der Waals surface area contributed by atoms with Crippen LogP contribution in [0, 0.1) is 0 Å². The molecule has 0 bridgehead atoms. The Hall–Kier alpha value is -2.80. The second-order valence-electron chi connectivity index (χ2n) is 5.09. The summed E-state index contributed by atoms with van der Waals surface area (Å²) < 4.78 is 10.7. The number of hydrogen-bond acceptors (Lipinski definition) is 4. The summed E-state index contributed by atoms with van der Waals surface area (Å²) in [6.45, 7) is 4.53. The number of imidazole rings is 1. The van der Waals surface area contributed by atoms with Crippen molar-refractivity contribution in [3.8, 4) is 11.5 Å². The Morgan fingerprint density at radius 1 is 1.15 bits per heavy atom. The van der Waals surface area contributed by atoms with Crippen LogP contribution in [0.25, 0.3) is 11.0 Å². The number of hydrogen-bond donors (Lipinski definition) is 3. The van der Waals surface area contributed by atoms with Gasteiger partial charge in [0.05, 0.1) is 31.6 Å². The van der Waals surface area contributed by atoms with Crippen molar-refractivity contribution in [3.63, 3.8) is 0 Å². The molecular weight excluding hydrogens is 348 g/mol. The van der Waals surface area contributed by atoms with Crippen molar-refractivity contribution in [3.05, 3.63) is 48.3 Å². The van der Waals surface area contributed by atoms with Crippen molar-refractivity contribution in [2.75, 3.05) is 19.5 Å². The predicted molar refractivity (Wildman–Crippen MR) is 110 cm³/mol. The van der Waals surface area contributed by atoms with Crippen LogP contribution in [0.1, 0.15) is 19.4 Å². The summed E-state index contributed by atoms with van der Waals surface area (Å²) in [4.78, 5) is 7.27. The number of para-hydroxylation sites is 1. The van der Waals surface area contributed by atoms with Gasteiger partial charge < -0.3 is 25.1 Å². The number of anilines is 1. The van der Waals surface area contributed by atoms with E-state index < -0.39 is 0 Å². The Kier molecular flexibility index (Phi) is 7.23. The van der Waals surface area contributed by atoms with Gasteiger partial charge in [-0.2, -0.15) is 0 Å². The highest BCUT2D eigenvalue weighted by atomic mass is 32.1. The Bertz CT molecular complexity index is 864. The van der Waals surface area contributed by atoms with Crippen molar-refractivity contribution < 1.29 is 9.47 Å². The van der Waals surface area contributed by atoms with Crippen molar-refractivity contribution in [1.29, 1.82) is 0 Å². The van der Waals surface area contributed by atoms with Gasteiger partial charge in [-0.15, -0.1) is 0 Å². The van der Waals surface area contributed by atoms with Gasteiger partial charge in [-0.1, -0.05) is 26.0 Å². The zero-order chi connectivity index (χ0) is 18.9. The first-order chi connectivity index (χ1) is 12.7. The molecule has 0 saturated heterocycles. The molecule has 0 unspecified atom stereocenters. The minimum Gasteiger partial charge on any atom is -0.493 e. The normalized spacial score (nSPS) is 9.85. The molecule has 6 nitrogen and oxygen atoms in total. The molecule has 3 N–H and O–H groups in total. The third kappa shape index (κ3) is 4.64. The fourth-order valence-electron chi connectivity index (χ4n) is 2.46. The molecule has 26 heavy (non-hydrogen) atoms. The largest absolute Gasteiger partial charge is 0.493 e. The lowest BCUT2D eigenvalue weighted by Crippen LogP contribution is -2.28. The molecule has 138 valence electrons. The first kappa shape index (κ1) is 19.5. The Morgan fingerprint density at radius 3 is 2.69 bits per heavy atom. The molecule has 0 fully saturated rings. The second-order valence-corrected chi connectivity index (χ2v) is 5.50. The molecule has 0 radical (unpaired) electrons. The van der Waals surface area contributed by atoms with Gasteiger partial charge >= 0.3 is 0 Å². The fraction of sp³-hybridized carbons (Fsp3) is 0.263. The number of H-pyrrole nitrogens is 1. The van der Waals surface area contributed by atoms with E-state index in [1.54, 1.807) is 20.5 Å². The molecule has 0 spiro atoms. The van der Waals surface area contributed by atoms with Gasteiger partial charge in [-0.05, 0) is 36.5 Å². The molecule has 3 rings (SSSR count). The van der Waals surface area contributed by atoms with E-state index in [1.807, 2.05) is 50.2 Å². The minimum atomic E-state index is 0.526. The molecule has 0 aliphatic heterocycles. The molecule has 0 atom stereocenters. The van der Waals surface area contributed by atoms with Crippen LogP contribution in [0.15, 0.2) is 42.7 Å². The smallest absolute Gasteiger partial charge is 0.171 e. The summed E-state index contributed by atoms with van der Waals surface area (Å²) in [6, 6.07) is 11.6. The van der Waals surface area contributed by atoms with E-state index in [-0.39, 0.29) is 0 Å². The summed E-state index contributed by atoms with van der Waals surface area (Å²) in [6.07, 6.45) is 1.67. The lowest BCUT2D eigenvalue weighted by atomic mass is 10.2. The Balaban J connectivity index is 0.00000117. The molecule has 1 aromatic heterocycles. The van der Waals surface area contributed by atoms with Gasteiger partial charge in [0.25, 0.3) is 0 Å². The fourth-order valence-corrected chi connectivity index (χ4v) is 2.65. The standard InChI is InChI=1S/C17H18N4O2S.C2H6/c1-22-15-5-3-4-11(16(15)23-2)9-18-17(24)21-12-6-7-13-14(8-12)20-10-19-13;1-2/h3-8,10H,9H2,1-2H3,(H,19,20)(H2,18,21,24);1-2H3. The van der Waals surface area contributed by atoms with E-state index in [9.17, 15) is 0 Å². The molecule has 3 aromatic rings. The molecule has 2 aromatic carbocycles. The number of nitrogens with zero attached hydrogens (tertiary/aromatic N) is 1. The van der Waals surface area contributed by atoms with Gasteiger partial charge in [0.2, 0.25) is 0 Å². The van der Waals surface area contributed by atoms with Crippen LogP contribution in [-0.4, -0.2) is 29.3 Å². The SMILES string of the molecule is CC.COc1cccc(CNC(=S)Nc2ccc3nc[nH]c3c2)c1OC. The monoisotopic (exact) mass is 372 g/mol. The van der Waals surface area contributed by atoms with Gasteiger partial charge in [0.1, 0.15) is 0 Å². The van der Waals surface area contributed by atoms with E-state index in [0.29, 0.717) is 23.2 Å². The zero-order valence-electron chi connectivity index (χ0n) is 15.4. The summed E-state index contributed by atoms with van der Waals surface area (Å²) in [7, 11) is 3.24. The number of nitrogens with one attached hydrogen (secondary N) is 3. The van der Waals surface area contributed by atoms with Crippen molar-refractivity contribution in [1.82, 2.24) is 15.3 Å². The number of methoxy groups -OCH3 is 2.